The molecule has 2 aliphatic rings. The molecule has 4 rings (SSSR count). The molecule has 1 atom stereocenters. The molecular formula is C19H19ClN2O4. The van der Waals surface area contributed by atoms with Crippen LogP contribution in [0.4, 0.5) is 11.4 Å². The molecule has 2 aromatic carbocycles. The average molecular weight is 375 g/mol. The van der Waals surface area contributed by atoms with Crippen LogP contribution >= 0.6 is 11.6 Å². The first-order chi connectivity index (χ1) is 12.7. The van der Waals surface area contributed by atoms with Crippen molar-refractivity contribution >= 4 is 28.9 Å². The number of hydrogen-bond donors (Lipinski definition) is 1. The summed E-state index contributed by atoms with van der Waals surface area (Å²) in [7, 11) is 0. The van der Waals surface area contributed by atoms with Gasteiger partial charge in [-0.3, -0.25) is 4.79 Å². The Morgan fingerprint density at radius 3 is 2.65 bits per heavy atom. The van der Waals surface area contributed by atoms with E-state index in [0.29, 0.717) is 35.4 Å². The Hall–Kier alpha value is -2.44. The molecule has 7 heteroatoms. The molecule has 26 heavy (non-hydrogen) atoms. The summed E-state index contributed by atoms with van der Waals surface area (Å²) in [5.41, 5.74) is 1.47. The smallest absolute Gasteiger partial charge is 0.269 e. The number of hydrogen-bond acceptors (Lipinski definition) is 5. The van der Waals surface area contributed by atoms with Gasteiger partial charge in [-0.05, 0) is 24.3 Å². The first-order valence-corrected chi connectivity index (χ1v) is 8.91. The Morgan fingerprint density at radius 2 is 1.85 bits per heavy atom. The summed E-state index contributed by atoms with van der Waals surface area (Å²) >= 11 is 6.41. The van der Waals surface area contributed by atoms with Crippen LogP contribution in [0, 0.1) is 0 Å². The van der Waals surface area contributed by atoms with E-state index in [0.717, 1.165) is 18.8 Å². The van der Waals surface area contributed by atoms with Crippen LogP contribution in [0.1, 0.15) is 0 Å². The molecule has 1 amide bonds. The van der Waals surface area contributed by atoms with Crippen LogP contribution < -0.4 is 19.7 Å². The normalized spacial score (nSPS) is 19.1. The largest absolute Gasteiger partial charge is 0.485 e. The van der Waals surface area contributed by atoms with Crippen molar-refractivity contribution in [1.29, 1.82) is 0 Å². The Bertz CT molecular complexity index is 808. The highest BCUT2D eigenvalue weighted by Gasteiger charge is 2.28. The lowest BCUT2D eigenvalue weighted by Crippen LogP contribution is -2.41. The highest BCUT2D eigenvalue weighted by atomic mass is 35.5. The summed E-state index contributed by atoms with van der Waals surface area (Å²) in [4.78, 5) is 14.8. The number of nitrogens with one attached hydrogen (secondary N) is 1. The molecule has 136 valence electrons. The quantitative estimate of drug-likeness (QED) is 0.895. The number of ether oxygens (including phenoxy) is 3. The van der Waals surface area contributed by atoms with Crippen molar-refractivity contribution in [3.8, 4) is 11.5 Å². The number of nitrogens with zero attached hydrogens (tertiary/aromatic N) is 1. The van der Waals surface area contributed by atoms with Crippen molar-refractivity contribution in [2.45, 2.75) is 6.10 Å². The van der Waals surface area contributed by atoms with E-state index in [4.69, 9.17) is 25.8 Å². The zero-order chi connectivity index (χ0) is 17.9. The SMILES string of the molecule is O=C(Nc1cccc(Cl)c1N1CCOCC1)[C@@H]1COc2ccccc2O1. The number of anilines is 2. The minimum absolute atomic E-state index is 0.163. The zero-order valence-corrected chi connectivity index (χ0v) is 14.9. The van der Waals surface area contributed by atoms with E-state index >= 15 is 0 Å². The lowest BCUT2D eigenvalue weighted by atomic mass is 10.2. The Labute approximate surface area is 156 Å². The number of halogens is 1. The van der Waals surface area contributed by atoms with Gasteiger partial charge in [0.15, 0.2) is 11.5 Å². The van der Waals surface area contributed by atoms with Gasteiger partial charge in [-0.25, -0.2) is 0 Å². The number of morpholine rings is 1. The molecular weight excluding hydrogens is 356 g/mol. The lowest BCUT2D eigenvalue weighted by Gasteiger charge is -2.32. The molecule has 0 radical (unpaired) electrons. The molecule has 0 saturated carbocycles. The first kappa shape index (κ1) is 17.0. The van der Waals surface area contributed by atoms with Gasteiger partial charge in [0.2, 0.25) is 6.10 Å². The summed E-state index contributed by atoms with van der Waals surface area (Å²) in [5, 5.41) is 3.53. The minimum atomic E-state index is -0.721. The van der Waals surface area contributed by atoms with Crippen LogP contribution in [0.25, 0.3) is 0 Å². The summed E-state index contributed by atoms with van der Waals surface area (Å²) < 4.78 is 16.8. The predicted octanol–water partition coefficient (Wildman–Crippen LogP) is 2.96. The maximum Gasteiger partial charge on any atom is 0.269 e. The van der Waals surface area contributed by atoms with Crippen LogP contribution in [-0.2, 0) is 9.53 Å². The molecule has 0 aliphatic carbocycles. The highest BCUT2D eigenvalue weighted by Crippen LogP contribution is 2.35. The molecule has 0 bridgehead atoms. The van der Waals surface area contributed by atoms with E-state index < -0.39 is 6.10 Å². The number of para-hydroxylation sites is 3. The van der Waals surface area contributed by atoms with E-state index in [1.807, 2.05) is 36.4 Å². The fraction of sp³-hybridized carbons (Fsp3) is 0.316. The van der Waals surface area contributed by atoms with Gasteiger partial charge in [-0.15, -0.1) is 0 Å². The van der Waals surface area contributed by atoms with Gasteiger partial charge in [-0.1, -0.05) is 29.8 Å². The maximum atomic E-state index is 12.7. The van der Waals surface area contributed by atoms with E-state index in [9.17, 15) is 4.79 Å². The molecule has 1 saturated heterocycles. The number of carbonyl (C=O) groups excluding carboxylic acids is 1. The van der Waals surface area contributed by atoms with Gasteiger partial charge < -0.3 is 24.4 Å². The van der Waals surface area contributed by atoms with Crippen LogP contribution in [0.3, 0.4) is 0 Å². The summed E-state index contributed by atoms with van der Waals surface area (Å²) in [6, 6.07) is 12.8. The third-order valence-corrected chi connectivity index (χ3v) is 4.68. The number of carbonyl (C=O) groups is 1. The second-order valence-electron chi connectivity index (χ2n) is 6.09. The molecule has 0 spiro atoms. The zero-order valence-electron chi connectivity index (χ0n) is 14.1. The summed E-state index contributed by atoms with van der Waals surface area (Å²) in [5.74, 6) is 0.947. The molecule has 1 fully saturated rings. The third kappa shape index (κ3) is 3.43. The molecule has 0 aromatic heterocycles. The topological polar surface area (TPSA) is 60.0 Å². The Balaban J connectivity index is 1.52. The molecule has 2 aromatic rings. The fourth-order valence-electron chi connectivity index (χ4n) is 3.09. The monoisotopic (exact) mass is 374 g/mol. The minimum Gasteiger partial charge on any atom is -0.485 e. The van der Waals surface area contributed by atoms with Gasteiger partial charge in [0, 0.05) is 13.1 Å². The Morgan fingerprint density at radius 1 is 1.08 bits per heavy atom. The lowest BCUT2D eigenvalue weighted by molar-refractivity contribution is -0.125. The summed E-state index contributed by atoms with van der Waals surface area (Å²) in [6.45, 7) is 2.88. The van der Waals surface area contributed by atoms with Crippen LogP contribution in [0.15, 0.2) is 42.5 Å². The predicted molar refractivity (Wildman–Crippen MR) is 99.5 cm³/mol. The standard InChI is InChI=1S/C19H19ClN2O4/c20-13-4-3-5-14(18(13)22-8-10-24-11-9-22)21-19(23)17-12-25-15-6-1-2-7-16(15)26-17/h1-7,17H,8-12H2,(H,21,23)/t17-/m0/s1. The molecule has 6 nitrogen and oxygen atoms in total. The van der Waals surface area contributed by atoms with E-state index in [1.54, 1.807) is 6.07 Å². The fourth-order valence-corrected chi connectivity index (χ4v) is 3.38. The first-order valence-electron chi connectivity index (χ1n) is 8.53. The van der Waals surface area contributed by atoms with Gasteiger partial charge >= 0.3 is 0 Å². The van der Waals surface area contributed by atoms with Crippen molar-refractivity contribution in [3.63, 3.8) is 0 Å². The molecule has 2 heterocycles. The van der Waals surface area contributed by atoms with Crippen molar-refractivity contribution in [2.24, 2.45) is 0 Å². The maximum absolute atomic E-state index is 12.7. The number of rotatable bonds is 3. The van der Waals surface area contributed by atoms with E-state index in [1.165, 1.54) is 0 Å². The molecule has 0 unspecified atom stereocenters. The van der Waals surface area contributed by atoms with Crippen LogP contribution in [0.2, 0.25) is 5.02 Å². The van der Waals surface area contributed by atoms with Crippen LogP contribution in [0.5, 0.6) is 11.5 Å². The second kappa shape index (κ2) is 7.43. The van der Waals surface area contributed by atoms with Crippen molar-refractivity contribution in [3.05, 3.63) is 47.5 Å². The van der Waals surface area contributed by atoms with Crippen molar-refractivity contribution < 1.29 is 19.0 Å². The number of amides is 1. The average Bonchev–Trinajstić information content (AvgIpc) is 2.68. The van der Waals surface area contributed by atoms with Gasteiger partial charge in [0.1, 0.15) is 6.61 Å². The second-order valence-corrected chi connectivity index (χ2v) is 6.50. The number of fused-ring (bicyclic) bond motifs is 1. The number of benzene rings is 2. The highest BCUT2D eigenvalue weighted by molar-refractivity contribution is 6.34. The van der Waals surface area contributed by atoms with Crippen LogP contribution in [-0.4, -0.2) is 44.9 Å². The molecule has 1 N–H and O–H groups in total. The Kier molecular flexibility index (Phi) is 4.86. The van der Waals surface area contributed by atoms with Crippen molar-refractivity contribution in [2.75, 3.05) is 43.1 Å². The van der Waals surface area contributed by atoms with Gasteiger partial charge in [0.05, 0.1) is 29.6 Å². The molecule has 2 aliphatic heterocycles. The van der Waals surface area contributed by atoms with Gasteiger partial charge in [0.25, 0.3) is 5.91 Å². The van der Waals surface area contributed by atoms with Gasteiger partial charge in [-0.2, -0.15) is 0 Å². The summed E-state index contributed by atoms with van der Waals surface area (Å²) in [6.07, 6.45) is -0.721. The van der Waals surface area contributed by atoms with Crippen molar-refractivity contribution in [1.82, 2.24) is 0 Å². The van der Waals surface area contributed by atoms with E-state index in [-0.39, 0.29) is 12.5 Å². The van der Waals surface area contributed by atoms with E-state index in [2.05, 4.69) is 10.2 Å². The third-order valence-electron chi connectivity index (χ3n) is 4.37.